The molecule has 0 amide bonds. The van der Waals surface area contributed by atoms with Crippen LogP contribution in [0, 0.1) is 6.92 Å². The van der Waals surface area contributed by atoms with Gasteiger partial charge in [-0.1, -0.05) is 12.1 Å². The van der Waals surface area contributed by atoms with Crippen molar-refractivity contribution in [2.24, 2.45) is 12.0 Å². The van der Waals surface area contributed by atoms with E-state index in [0.717, 1.165) is 29.6 Å². The number of aliphatic imine (C=N–C) groups is 1. The zero-order valence-corrected chi connectivity index (χ0v) is 14.8. The van der Waals surface area contributed by atoms with E-state index >= 15 is 0 Å². The summed E-state index contributed by atoms with van der Waals surface area (Å²) in [7, 11) is 1.92. The molecule has 130 valence electrons. The molecular weight excluding hydrogens is 304 g/mol. The number of hydrogen-bond acceptors (Lipinski definition) is 4. The van der Waals surface area contributed by atoms with E-state index in [9.17, 15) is 0 Å². The van der Waals surface area contributed by atoms with Crippen LogP contribution in [-0.4, -0.2) is 33.9 Å². The van der Waals surface area contributed by atoms with E-state index in [0.29, 0.717) is 19.7 Å². The summed E-state index contributed by atoms with van der Waals surface area (Å²) in [5.74, 6) is 2.49. The minimum absolute atomic E-state index is 0.545. The summed E-state index contributed by atoms with van der Waals surface area (Å²) in [6.45, 7) is 8.63. The van der Waals surface area contributed by atoms with E-state index in [1.165, 1.54) is 5.56 Å². The topological polar surface area (TPSA) is 76.4 Å². The van der Waals surface area contributed by atoms with Crippen LogP contribution in [0.15, 0.2) is 29.5 Å². The Morgan fingerprint density at radius 3 is 2.79 bits per heavy atom. The maximum absolute atomic E-state index is 5.71. The van der Waals surface area contributed by atoms with Crippen molar-refractivity contribution < 1.29 is 4.74 Å². The van der Waals surface area contributed by atoms with Crippen LogP contribution in [0.5, 0.6) is 5.75 Å². The Balaban J connectivity index is 2.06. The standard InChI is InChI=1S/C17H26N6O/c1-5-18-17(20-11-16-22-21-12-23(16)4)19-10-14-8-7-13(3)9-15(14)24-6-2/h7-9,12H,5-6,10-11H2,1-4H3,(H2,18,19,20). The number of aryl methyl sites for hydroxylation is 2. The lowest BCUT2D eigenvalue weighted by molar-refractivity contribution is 0.336. The van der Waals surface area contributed by atoms with Gasteiger partial charge in [0.1, 0.15) is 12.1 Å². The van der Waals surface area contributed by atoms with Gasteiger partial charge < -0.3 is 19.9 Å². The second-order valence-corrected chi connectivity index (χ2v) is 5.45. The summed E-state index contributed by atoms with van der Waals surface area (Å²) >= 11 is 0. The van der Waals surface area contributed by atoms with Crippen molar-refractivity contribution >= 4 is 5.96 Å². The molecule has 0 saturated carbocycles. The van der Waals surface area contributed by atoms with E-state index < -0.39 is 0 Å². The summed E-state index contributed by atoms with van der Waals surface area (Å²) in [6, 6.07) is 6.19. The molecule has 7 heteroatoms. The number of nitrogens with zero attached hydrogens (tertiary/aromatic N) is 4. The molecule has 0 aliphatic rings. The van der Waals surface area contributed by atoms with Gasteiger partial charge in [-0.25, -0.2) is 4.99 Å². The number of aromatic nitrogens is 3. The number of guanidine groups is 1. The Labute approximate surface area is 143 Å². The van der Waals surface area contributed by atoms with Crippen LogP contribution >= 0.6 is 0 Å². The maximum Gasteiger partial charge on any atom is 0.191 e. The molecule has 0 spiro atoms. The van der Waals surface area contributed by atoms with Crippen molar-refractivity contribution in [3.8, 4) is 5.75 Å². The monoisotopic (exact) mass is 330 g/mol. The quantitative estimate of drug-likeness (QED) is 0.598. The molecule has 0 unspecified atom stereocenters. The lowest BCUT2D eigenvalue weighted by atomic mass is 10.1. The third kappa shape index (κ3) is 4.97. The predicted octanol–water partition coefficient (Wildman–Crippen LogP) is 1.78. The molecule has 0 aliphatic heterocycles. The van der Waals surface area contributed by atoms with Crippen molar-refractivity contribution in [3.63, 3.8) is 0 Å². The average Bonchev–Trinajstić information content (AvgIpc) is 2.97. The Hall–Kier alpha value is -2.57. The van der Waals surface area contributed by atoms with Gasteiger partial charge in [0.15, 0.2) is 11.8 Å². The number of rotatable bonds is 7. The molecule has 0 radical (unpaired) electrons. The molecule has 0 fully saturated rings. The third-order valence-electron chi connectivity index (χ3n) is 3.49. The Morgan fingerprint density at radius 2 is 2.12 bits per heavy atom. The summed E-state index contributed by atoms with van der Waals surface area (Å²) in [5, 5.41) is 14.4. The third-order valence-corrected chi connectivity index (χ3v) is 3.49. The van der Waals surface area contributed by atoms with Gasteiger partial charge in [-0.15, -0.1) is 10.2 Å². The predicted molar refractivity (Wildman–Crippen MR) is 95.0 cm³/mol. The van der Waals surface area contributed by atoms with Gasteiger partial charge in [-0.3, -0.25) is 0 Å². The summed E-state index contributed by atoms with van der Waals surface area (Å²) in [6.07, 6.45) is 1.68. The molecule has 1 heterocycles. The fourth-order valence-corrected chi connectivity index (χ4v) is 2.22. The van der Waals surface area contributed by atoms with Gasteiger partial charge in [0.05, 0.1) is 19.7 Å². The van der Waals surface area contributed by atoms with Crippen LogP contribution in [0.1, 0.15) is 30.8 Å². The minimum atomic E-state index is 0.545. The lowest BCUT2D eigenvalue weighted by Gasteiger charge is -2.13. The number of ether oxygens (including phenoxy) is 1. The van der Waals surface area contributed by atoms with Crippen molar-refractivity contribution in [3.05, 3.63) is 41.5 Å². The first-order chi connectivity index (χ1) is 11.6. The van der Waals surface area contributed by atoms with Crippen LogP contribution in [0.3, 0.4) is 0 Å². The zero-order valence-electron chi connectivity index (χ0n) is 14.8. The summed E-state index contributed by atoms with van der Waals surface area (Å²) in [5.41, 5.74) is 2.25. The average molecular weight is 330 g/mol. The van der Waals surface area contributed by atoms with Crippen molar-refractivity contribution in [1.82, 2.24) is 25.4 Å². The maximum atomic E-state index is 5.71. The second kappa shape index (κ2) is 8.90. The van der Waals surface area contributed by atoms with E-state index in [1.807, 2.05) is 31.5 Å². The zero-order chi connectivity index (χ0) is 17.4. The second-order valence-electron chi connectivity index (χ2n) is 5.45. The number of hydrogen-bond donors (Lipinski definition) is 2. The Kier molecular flexibility index (Phi) is 6.60. The SMILES string of the molecule is CCNC(=NCc1ccc(C)cc1OCC)NCc1nncn1C. The van der Waals surface area contributed by atoms with Crippen LogP contribution in [0.25, 0.3) is 0 Å². The largest absolute Gasteiger partial charge is 0.494 e. The summed E-state index contributed by atoms with van der Waals surface area (Å²) in [4.78, 5) is 4.64. The highest BCUT2D eigenvalue weighted by Crippen LogP contribution is 2.21. The van der Waals surface area contributed by atoms with Gasteiger partial charge in [-0.05, 0) is 32.4 Å². The van der Waals surface area contributed by atoms with Crippen molar-refractivity contribution in [2.75, 3.05) is 13.2 Å². The number of nitrogens with one attached hydrogen (secondary N) is 2. The molecule has 0 atom stereocenters. The normalized spacial score (nSPS) is 11.4. The van der Waals surface area contributed by atoms with E-state index in [1.54, 1.807) is 6.33 Å². The molecule has 2 N–H and O–H groups in total. The Morgan fingerprint density at radius 1 is 1.29 bits per heavy atom. The van der Waals surface area contributed by atoms with Crippen LogP contribution < -0.4 is 15.4 Å². The van der Waals surface area contributed by atoms with Gasteiger partial charge in [0, 0.05) is 19.2 Å². The van der Waals surface area contributed by atoms with Gasteiger partial charge in [0.2, 0.25) is 0 Å². The van der Waals surface area contributed by atoms with Gasteiger partial charge >= 0.3 is 0 Å². The highest BCUT2D eigenvalue weighted by Gasteiger charge is 2.06. The molecule has 7 nitrogen and oxygen atoms in total. The molecule has 1 aromatic carbocycles. The first kappa shape index (κ1) is 17.8. The highest BCUT2D eigenvalue weighted by molar-refractivity contribution is 5.79. The molecule has 2 rings (SSSR count). The number of benzene rings is 1. The van der Waals surface area contributed by atoms with E-state index in [-0.39, 0.29) is 0 Å². The lowest BCUT2D eigenvalue weighted by Crippen LogP contribution is -2.37. The molecule has 1 aromatic heterocycles. The molecular formula is C17H26N6O. The van der Waals surface area contributed by atoms with Gasteiger partial charge in [-0.2, -0.15) is 0 Å². The molecule has 0 bridgehead atoms. The molecule has 2 aromatic rings. The molecule has 24 heavy (non-hydrogen) atoms. The first-order valence-electron chi connectivity index (χ1n) is 8.21. The van der Waals surface area contributed by atoms with Gasteiger partial charge in [0.25, 0.3) is 0 Å². The van der Waals surface area contributed by atoms with Crippen LogP contribution in [-0.2, 0) is 20.1 Å². The first-order valence-corrected chi connectivity index (χ1v) is 8.21. The minimum Gasteiger partial charge on any atom is -0.494 e. The van der Waals surface area contributed by atoms with E-state index in [2.05, 4.69) is 44.9 Å². The highest BCUT2D eigenvalue weighted by atomic mass is 16.5. The van der Waals surface area contributed by atoms with E-state index in [4.69, 9.17) is 4.74 Å². The fourth-order valence-electron chi connectivity index (χ4n) is 2.22. The molecule has 0 saturated heterocycles. The Bertz CT molecular complexity index is 679. The van der Waals surface area contributed by atoms with Crippen LogP contribution in [0.2, 0.25) is 0 Å². The van der Waals surface area contributed by atoms with Crippen molar-refractivity contribution in [2.45, 2.75) is 33.9 Å². The van der Waals surface area contributed by atoms with Crippen molar-refractivity contribution in [1.29, 1.82) is 0 Å². The smallest absolute Gasteiger partial charge is 0.191 e. The molecule has 0 aliphatic carbocycles. The summed E-state index contributed by atoms with van der Waals surface area (Å²) < 4.78 is 7.59. The fraction of sp³-hybridized carbons (Fsp3) is 0.471. The van der Waals surface area contributed by atoms with Crippen LogP contribution in [0.4, 0.5) is 0 Å².